The Kier molecular flexibility index (Phi) is 7.44. The molecule has 0 amide bonds. The van der Waals surface area contributed by atoms with Crippen LogP contribution in [0.15, 0.2) is 54.6 Å². The van der Waals surface area contributed by atoms with Gasteiger partial charge in [0.2, 0.25) is 0 Å². The van der Waals surface area contributed by atoms with Crippen LogP contribution in [0.25, 0.3) is 6.08 Å². The van der Waals surface area contributed by atoms with Crippen molar-refractivity contribution >= 4 is 28.7 Å². The van der Waals surface area contributed by atoms with Gasteiger partial charge in [0.1, 0.15) is 17.6 Å². The Morgan fingerprint density at radius 2 is 2.04 bits per heavy atom. The number of benzene rings is 1. The second kappa shape index (κ2) is 9.34. The summed E-state index contributed by atoms with van der Waals surface area (Å²) >= 11 is 2.25. The van der Waals surface area contributed by atoms with E-state index in [9.17, 15) is 5.11 Å². The van der Waals surface area contributed by atoms with Gasteiger partial charge in [-0.05, 0) is 64.3 Å². The molecule has 0 spiro atoms. The van der Waals surface area contributed by atoms with E-state index in [4.69, 9.17) is 4.74 Å². The Morgan fingerprint density at radius 3 is 2.68 bits per heavy atom. The summed E-state index contributed by atoms with van der Waals surface area (Å²) in [4.78, 5) is 4.15. The molecule has 0 aliphatic rings. The summed E-state index contributed by atoms with van der Waals surface area (Å²) in [6.45, 7) is 6.34. The van der Waals surface area contributed by atoms with E-state index >= 15 is 0 Å². The number of hydrogen-bond donors (Lipinski definition) is 1. The number of aromatic nitrogens is 1. The van der Waals surface area contributed by atoms with Crippen LogP contribution in [0.4, 0.5) is 0 Å². The third-order valence-electron chi connectivity index (χ3n) is 4.24. The fourth-order valence-electron chi connectivity index (χ4n) is 2.60. The highest BCUT2D eigenvalue weighted by Gasteiger charge is 2.32. The van der Waals surface area contributed by atoms with Crippen molar-refractivity contribution in [1.82, 2.24) is 4.98 Å². The average molecular weight is 451 g/mol. The van der Waals surface area contributed by atoms with Crippen molar-refractivity contribution in [2.45, 2.75) is 46.1 Å². The predicted octanol–water partition coefficient (Wildman–Crippen LogP) is 5.68. The van der Waals surface area contributed by atoms with Crippen LogP contribution in [0.3, 0.4) is 0 Å². The van der Waals surface area contributed by atoms with Gasteiger partial charge in [-0.1, -0.05) is 51.8 Å². The maximum atomic E-state index is 11.1. The molecule has 3 nitrogen and oxygen atoms in total. The first-order valence-electron chi connectivity index (χ1n) is 8.66. The molecule has 2 rings (SSSR count). The first kappa shape index (κ1) is 19.9. The van der Waals surface area contributed by atoms with Gasteiger partial charge in [-0.3, -0.25) is 4.98 Å². The van der Waals surface area contributed by atoms with E-state index in [1.807, 2.05) is 42.5 Å². The molecular weight excluding hydrogens is 425 g/mol. The van der Waals surface area contributed by atoms with Gasteiger partial charge in [-0.15, -0.1) is 0 Å². The number of ether oxygens (including phenoxy) is 1. The highest BCUT2D eigenvalue weighted by molar-refractivity contribution is 14.1. The molecule has 2 aromatic rings. The number of aliphatic hydroxyl groups excluding tert-OH is 1. The summed E-state index contributed by atoms with van der Waals surface area (Å²) in [7, 11) is 0. The lowest BCUT2D eigenvalue weighted by Crippen LogP contribution is -2.33. The second-order valence-corrected chi connectivity index (χ2v) is 8.02. The van der Waals surface area contributed by atoms with Crippen LogP contribution in [0.1, 0.15) is 45.6 Å². The fourth-order valence-corrected chi connectivity index (χ4v) is 3.10. The molecule has 0 aliphatic heterocycles. The number of rotatable bonds is 8. The standard InChI is InChI=1S/C21H26INO2/c1-4-5-12-21(2,3)20(24)19(14-16-9-8-13-23-15-16)25-18-11-7-6-10-17(18)22/h6-11,13-15,20,24H,4-5,12H2,1-3H3/b19-14-. The largest absolute Gasteiger partial charge is 0.458 e. The molecule has 0 bridgehead atoms. The number of hydrogen-bond acceptors (Lipinski definition) is 3. The van der Waals surface area contributed by atoms with Crippen molar-refractivity contribution in [3.8, 4) is 5.75 Å². The first-order chi connectivity index (χ1) is 11.9. The van der Waals surface area contributed by atoms with Gasteiger partial charge in [0, 0.05) is 12.4 Å². The number of unbranched alkanes of at least 4 members (excludes halogenated alkanes) is 1. The van der Waals surface area contributed by atoms with Crippen molar-refractivity contribution in [2.24, 2.45) is 5.41 Å². The molecule has 1 heterocycles. The van der Waals surface area contributed by atoms with Crippen LogP contribution in [-0.4, -0.2) is 16.2 Å². The minimum atomic E-state index is -0.699. The quantitative estimate of drug-likeness (QED) is 0.415. The van der Waals surface area contributed by atoms with Crippen molar-refractivity contribution in [3.05, 3.63) is 63.7 Å². The number of para-hydroxylation sites is 1. The van der Waals surface area contributed by atoms with E-state index in [0.717, 1.165) is 34.1 Å². The fraction of sp³-hybridized carbons (Fsp3) is 0.381. The molecule has 1 aromatic carbocycles. The minimum Gasteiger partial charge on any atom is -0.458 e. The average Bonchev–Trinajstić information content (AvgIpc) is 2.61. The highest BCUT2D eigenvalue weighted by atomic mass is 127. The van der Waals surface area contributed by atoms with Crippen LogP contribution >= 0.6 is 22.6 Å². The molecule has 4 heteroatoms. The summed E-state index contributed by atoms with van der Waals surface area (Å²) < 4.78 is 7.16. The van der Waals surface area contributed by atoms with Crippen LogP contribution in [0.2, 0.25) is 0 Å². The van der Waals surface area contributed by atoms with Crippen molar-refractivity contribution in [3.63, 3.8) is 0 Å². The molecule has 1 unspecified atom stereocenters. The van der Waals surface area contributed by atoms with Crippen LogP contribution in [0, 0.1) is 8.99 Å². The monoisotopic (exact) mass is 451 g/mol. The van der Waals surface area contributed by atoms with Gasteiger partial charge in [-0.25, -0.2) is 0 Å². The lowest BCUT2D eigenvalue weighted by molar-refractivity contribution is 0.0447. The van der Waals surface area contributed by atoms with Crippen LogP contribution in [0.5, 0.6) is 5.75 Å². The Balaban J connectivity index is 2.35. The van der Waals surface area contributed by atoms with E-state index in [1.165, 1.54) is 0 Å². The van der Waals surface area contributed by atoms with Crippen LogP contribution < -0.4 is 4.74 Å². The first-order valence-corrected chi connectivity index (χ1v) is 9.74. The molecule has 134 valence electrons. The van der Waals surface area contributed by atoms with E-state index in [-0.39, 0.29) is 5.41 Å². The Labute approximate surface area is 164 Å². The molecule has 0 saturated heterocycles. The zero-order valence-corrected chi connectivity index (χ0v) is 17.2. The lowest BCUT2D eigenvalue weighted by atomic mass is 9.80. The molecule has 1 aromatic heterocycles. The summed E-state index contributed by atoms with van der Waals surface area (Å²) in [6.07, 6.45) is 7.81. The van der Waals surface area contributed by atoms with Gasteiger partial charge in [0.05, 0.1) is 3.57 Å². The molecule has 25 heavy (non-hydrogen) atoms. The highest BCUT2D eigenvalue weighted by Crippen LogP contribution is 2.34. The van der Waals surface area contributed by atoms with E-state index in [2.05, 4.69) is 48.3 Å². The maximum Gasteiger partial charge on any atom is 0.140 e. The molecule has 0 saturated carbocycles. The summed E-state index contributed by atoms with van der Waals surface area (Å²) in [5.74, 6) is 1.31. The van der Waals surface area contributed by atoms with Gasteiger partial charge >= 0.3 is 0 Å². The van der Waals surface area contributed by atoms with Crippen molar-refractivity contribution in [2.75, 3.05) is 0 Å². The van der Waals surface area contributed by atoms with E-state index in [1.54, 1.807) is 12.4 Å². The number of halogens is 1. The topological polar surface area (TPSA) is 42.4 Å². The Bertz CT molecular complexity index is 698. The third-order valence-corrected chi connectivity index (χ3v) is 5.13. The molecule has 0 radical (unpaired) electrons. The number of aliphatic hydroxyl groups is 1. The van der Waals surface area contributed by atoms with Gasteiger partial charge in [-0.2, -0.15) is 0 Å². The normalized spacial score (nSPS) is 13.6. The van der Waals surface area contributed by atoms with Crippen molar-refractivity contribution in [1.29, 1.82) is 0 Å². The maximum absolute atomic E-state index is 11.1. The zero-order chi connectivity index (χ0) is 18.3. The SMILES string of the molecule is CCCCC(C)(C)C(O)/C(=C/c1cccnc1)Oc1ccccc1I. The number of nitrogens with zero attached hydrogens (tertiary/aromatic N) is 1. The van der Waals surface area contributed by atoms with Crippen LogP contribution in [-0.2, 0) is 0 Å². The third kappa shape index (κ3) is 5.82. The molecule has 1 atom stereocenters. The Morgan fingerprint density at radius 1 is 1.28 bits per heavy atom. The van der Waals surface area contributed by atoms with E-state index < -0.39 is 6.10 Å². The lowest BCUT2D eigenvalue weighted by Gasteiger charge is -2.32. The predicted molar refractivity (Wildman–Crippen MR) is 111 cm³/mol. The van der Waals surface area contributed by atoms with Crippen molar-refractivity contribution < 1.29 is 9.84 Å². The minimum absolute atomic E-state index is 0.274. The summed E-state index contributed by atoms with van der Waals surface area (Å²) in [6, 6.07) is 11.7. The second-order valence-electron chi connectivity index (χ2n) is 6.86. The molecule has 1 N–H and O–H groups in total. The van der Waals surface area contributed by atoms with E-state index in [0.29, 0.717) is 5.76 Å². The van der Waals surface area contributed by atoms with Gasteiger partial charge < -0.3 is 9.84 Å². The molecule has 0 aliphatic carbocycles. The van der Waals surface area contributed by atoms with Gasteiger partial charge in [0.25, 0.3) is 0 Å². The smallest absolute Gasteiger partial charge is 0.140 e. The molecule has 0 fully saturated rings. The summed E-state index contributed by atoms with van der Waals surface area (Å²) in [5, 5.41) is 11.1. The number of pyridine rings is 1. The Hall–Kier alpha value is -1.40. The van der Waals surface area contributed by atoms with Gasteiger partial charge in [0.15, 0.2) is 0 Å². The zero-order valence-electron chi connectivity index (χ0n) is 15.1. The molecular formula is C21H26INO2. The summed E-state index contributed by atoms with van der Waals surface area (Å²) in [5.41, 5.74) is 0.637.